The Morgan fingerprint density at radius 2 is 2.16 bits per heavy atom. The van der Waals surface area contributed by atoms with Gasteiger partial charge in [0.05, 0.1) is 17.0 Å². The van der Waals surface area contributed by atoms with Gasteiger partial charge in [-0.3, -0.25) is 4.79 Å². The molecule has 2 heterocycles. The van der Waals surface area contributed by atoms with Gasteiger partial charge in [0.1, 0.15) is 11.6 Å². The van der Waals surface area contributed by atoms with Gasteiger partial charge in [-0.25, -0.2) is 9.37 Å². The van der Waals surface area contributed by atoms with E-state index in [4.69, 9.17) is 0 Å². The number of aromatic amines is 1. The van der Waals surface area contributed by atoms with Gasteiger partial charge in [0, 0.05) is 18.0 Å². The molecule has 3 rings (SSSR count). The molecule has 4 nitrogen and oxygen atoms in total. The maximum Gasteiger partial charge on any atom is 0.255 e. The molecular formula is C13H12FN3OS. The molecule has 0 aliphatic carbocycles. The Morgan fingerprint density at radius 1 is 1.32 bits per heavy atom. The summed E-state index contributed by atoms with van der Waals surface area (Å²) in [5, 5.41) is 3.09. The molecule has 2 N–H and O–H groups in total. The molecule has 0 bridgehead atoms. The lowest BCUT2D eigenvalue weighted by Crippen LogP contribution is -2.17. The van der Waals surface area contributed by atoms with E-state index in [2.05, 4.69) is 15.3 Å². The molecule has 0 atom stereocenters. The van der Waals surface area contributed by atoms with E-state index in [1.165, 1.54) is 17.8 Å². The Morgan fingerprint density at radius 3 is 3.00 bits per heavy atom. The SMILES string of the molecule is O=c1[nH]c(CSc2ccccc2F)nc2c1CNC2. The molecule has 2 aromatic rings. The summed E-state index contributed by atoms with van der Waals surface area (Å²) in [7, 11) is 0. The highest BCUT2D eigenvalue weighted by molar-refractivity contribution is 7.98. The van der Waals surface area contributed by atoms with Crippen LogP contribution in [-0.2, 0) is 18.8 Å². The molecule has 0 saturated heterocycles. The van der Waals surface area contributed by atoms with Crippen LogP contribution in [0.1, 0.15) is 17.1 Å². The summed E-state index contributed by atoms with van der Waals surface area (Å²) in [6.07, 6.45) is 0. The third kappa shape index (κ3) is 2.54. The molecule has 0 fully saturated rings. The molecule has 0 radical (unpaired) electrons. The number of benzene rings is 1. The number of H-pyrrole nitrogens is 1. The van der Waals surface area contributed by atoms with Crippen molar-refractivity contribution >= 4 is 11.8 Å². The molecule has 0 saturated carbocycles. The van der Waals surface area contributed by atoms with E-state index in [9.17, 15) is 9.18 Å². The fraction of sp³-hybridized carbons (Fsp3) is 0.231. The van der Waals surface area contributed by atoms with Crippen molar-refractivity contribution in [3.63, 3.8) is 0 Å². The lowest BCUT2D eigenvalue weighted by atomic mass is 10.3. The topological polar surface area (TPSA) is 57.8 Å². The molecular weight excluding hydrogens is 265 g/mol. The number of hydrogen-bond donors (Lipinski definition) is 2. The van der Waals surface area contributed by atoms with Gasteiger partial charge in [-0.2, -0.15) is 0 Å². The van der Waals surface area contributed by atoms with Crippen LogP contribution in [0.4, 0.5) is 4.39 Å². The molecule has 0 spiro atoms. The second kappa shape index (κ2) is 5.14. The van der Waals surface area contributed by atoms with E-state index >= 15 is 0 Å². The summed E-state index contributed by atoms with van der Waals surface area (Å²) >= 11 is 1.33. The van der Waals surface area contributed by atoms with E-state index in [1.54, 1.807) is 18.2 Å². The molecule has 0 amide bonds. The van der Waals surface area contributed by atoms with Crippen LogP contribution in [-0.4, -0.2) is 9.97 Å². The van der Waals surface area contributed by atoms with E-state index in [0.29, 0.717) is 35.1 Å². The van der Waals surface area contributed by atoms with Crippen molar-refractivity contribution in [1.82, 2.24) is 15.3 Å². The van der Waals surface area contributed by atoms with Crippen LogP contribution in [0.2, 0.25) is 0 Å². The average molecular weight is 277 g/mol. The van der Waals surface area contributed by atoms with E-state index in [1.807, 2.05) is 0 Å². The Labute approximate surface area is 113 Å². The molecule has 1 aliphatic heterocycles. The molecule has 1 aliphatic rings. The van der Waals surface area contributed by atoms with Crippen molar-refractivity contribution in [1.29, 1.82) is 0 Å². The third-order valence-corrected chi connectivity index (χ3v) is 4.01. The molecule has 1 aromatic carbocycles. The summed E-state index contributed by atoms with van der Waals surface area (Å²) < 4.78 is 13.5. The van der Waals surface area contributed by atoms with Crippen molar-refractivity contribution < 1.29 is 4.39 Å². The largest absolute Gasteiger partial charge is 0.310 e. The lowest BCUT2D eigenvalue weighted by molar-refractivity contribution is 0.602. The van der Waals surface area contributed by atoms with Crippen LogP contribution in [0, 0.1) is 5.82 Å². The minimum absolute atomic E-state index is 0.0980. The molecule has 0 unspecified atom stereocenters. The van der Waals surface area contributed by atoms with Crippen LogP contribution in [0.3, 0.4) is 0 Å². The zero-order valence-corrected chi connectivity index (χ0v) is 10.9. The van der Waals surface area contributed by atoms with Crippen LogP contribution in [0.15, 0.2) is 34.0 Å². The number of rotatable bonds is 3. The van der Waals surface area contributed by atoms with Gasteiger partial charge in [0.15, 0.2) is 0 Å². The van der Waals surface area contributed by atoms with Crippen molar-refractivity contribution in [3.8, 4) is 0 Å². The second-order valence-corrected chi connectivity index (χ2v) is 5.28. The summed E-state index contributed by atoms with van der Waals surface area (Å²) in [5.41, 5.74) is 1.41. The number of nitrogens with zero attached hydrogens (tertiary/aromatic N) is 1. The predicted octanol–water partition coefficient (Wildman–Crippen LogP) is 1.80. The second-order valence-electron chi connectivity index (χ2n) is 4.26. The normalized spacial score (nSPS) is 13.5. The number of aromatic nitrogens is 2. The molecule has 1 aromatic heterocycles. The quantitative estimate of drug-likeness (QED) is 0.840. The van der Waals surface area contributed by atoms with E-state index < -0.39 is 0 Å². The monoisotopic (exact) mass is 277 g/mol. The van der Waals surface area contributed by atoms with Gasteiger partial charge in [-0.05, 0) is 12.1 Å². The Kier molecular flexibility index (Phi) is 3.35. The fourth-order valence-electron chi connectivity index (χ4n) is 2.01. The number of nitrogens with one attached hydrogen (secondary N) is 2. The Hall–Kier alpha value is -1.66. The highest BCUT2D eigenvalue weighted by Crippen LogP contribution is 2.24. The van der Waals surface area contributed by atoms with Gasteiger partial charge in [0.25, 0.3) is 5.56 Å². The Balaban J connectivity index is 1.80. The maximum atomic E-state index is 13.5. The fourth-order valence-corrected chi connectivity index (χ4v) is 2.82. The van der Waals surface area contributed by atoms with Gasteiger partial charge < -0.3 is 10.3 Å². The first-order valence-electron chi connectivity index (χ1n) is 5.93. The number of thioether (sulfide) groups is 1. The van der Waals surface area contributed by atoms with Crippen molar-refractivity contribution in [3.05, 3.63) is 57.5 Å². The third-order valence-electron chi connectivity index (χ3n) is 2.95. The van der Waals surface area contributed by atoms with Gasteiger partial charge >= 0.3 is 0 Å². The first kappa shape index (κ1) is 12.4. The van der Waals surface area contributed by atoms with Gasteiger partial charge in [-0.15, -0.1) is 11.8 Å². The van der Waals surface area contributed by atoms with E-state index in [0.717, 1.165) is 5.69 Å². The van der Waals surface area contributed by atoms with Crippen LogP contribution < -0.4 is 10.9 Å². The number of hydrogen-bond acceptors (Lipinski definition) is 4. The minimum Gasteiger partial charge on any atom is -0.310 e. The first-order valence-corrected chi connectivity index (χ1v) is 6.91. The summed E-state index contributed by atoms with van der Waals surface area (Å²) in [6.45, 7) is 1.19. The smallest absolute Gasteiger partial charge is 0.255 e. The predicted molar refractivity (Wildman–Crippen MR) is 71.4 cm³/mol. The Bertz CT molecular complexity index is 671. The average Bonchev–Trinajstić information content (AvgIpc) is 2.87. The van der Waals surface area contributed by atoms with Crippen molar-refractivity contribution in [2.75, 3.05) is 0 Å². The zero-order valence-electron chi connectivity index (χ0n) is 10.1. The number of fused-ring (bicyclic) bond motifs is 1. The first-order chi connectivity index (χ1) is 9.24. The summed E-state index contributed by atoms with van der Waals surface area (Å²) in [5.74, 6) is 0.780. The van der Waals surface area contributed by atoms with Crippen LogP contribution >= 0.6 is 11.8 Å². The standard InChI is InChI=1S/C13H12FN3OS/c14-9-3-1-2-4-11(9)19-7-12-16-10-6-15-5-8(10)13(18)17-12/h1-4,15H,5-7H2,(H,16,17,18). The maximum absolute atomic E-state index is 13.5. The number of halogens is 1. The molecule has 6 heteroatoms. The minimum atomic E-state index is -0.252. The van der Waals surface area contributed by atoms with Crippen LogP contribution in [0.5, 0.6) is 0 Å². The highest BCUT2D eigenvalue weighted by atomic mass is 32.2. The molecule has 19 heavy (non-hydrogen) atoms. The van der Waals surface area contributed by atoms with Gasteiger partial charge in [-0.1, -0.05) is 12.1 Å². The zero-order chi connectivity index (χ0) is 13.2. The van der Waals surface area contributed by atoms with E-state index in [-0.39, 0.29) is 11.4 Å². The highest BCUT2D eigenvalue weighted by Gasteiger charge is 2.16. The van der Waals surface area contributed by atoms with Crippen molar-refractivity contribution in [2.24, 2.45) is 0 Å². The van der Waals surface area contributed by atoms with Gasteiger partial charge in [0.2, 0.25) is 0 Å². The summed E-state index contributed by atoms with van der Waals surface area (Å²) in [4.78, 5) is 19.5. The molecule has 98 valence electrons. The summed E-state index contributed by atoms with van der Waals surface area (Å²) in [6, 6.07) is 6.58. The lowest BCUT2D eigenvalue weighted by Gasteiger charge is -2.04. The van der Waals surface area contributed by atoms with Crippen molar-refractivity contribution in [2.45, 2.75) is 23.7 Å². The van der Waals surface area contributed by atoms with Crippen LogP contribution in [0.25, 0.3) is 0 Å².